The summed E-state index contributed by atoms with van der Waals surface area (Å²) in [5, 5.41) is 14.2. The molecule has 0 aliphatic carbocycles. The molecule has 7 heteroatoms. The van der Waals surface area contributed by atoms with Gasteiger partial charge in [-0.25, -0.2) is 9.97 Å². The molecule has 0 saturated heterocycles. The van der Waals surface area contributed by atoms with E-state index in [0.29, 0.717) is 22.2 Å². The number of hydrogen-bond acceptors (Lipinski definition) is 5. The molecular weight excluding hydrogens is 372 g/mol. The Morgan fingerprint density at radius 2 is 2.00 bits per heavy atom. The lowest BCUT2D eigenvalue weighted by atomic mass is 9.97. The third-order valence-corrected chi connectivity index (χ3v) is 5.41. The number of nitrogens with two attached hydrogens (primary N) is 1. The number of benzene rings is 2. The summed E-state index contributed by atoms with van der Waals surface area (Å²) >= 11 is 6.63. The fraction of sp³-hybridized carbons (Fsp3) is 0.0952. The van der Waals surface area contributed by atoms with E-state index in [1.165, 1.54) is 0 Å². The van der Waals surface area contributed by atoms with Gasteiger partial charge in [0.15, 0.2) is 0 Å². The molecule has 6 nitrogen and oxygen atoms in total. The second-order valence-corrected chi connectivity index (χ2v) is 7.13. The molecular formula is C21H15ClN6. The number of halogens is 1. The SMILES string of the molecule is Cc1cccc2cc(C3C(C#N)=C(N)Nc4nc5ccccc5n43)c(Cl)nc12. The molecule has 0 bridgehead atoms. The van der Waals surface area contributed by atoms with Crippen LogP contribution in [-0.4, -0.2) is 14.5 Å². The molecule has 1 aliphatic rings. The van der Waals surface area contributed by atoms with E-state index in [-0.39, 0.29) is 5.82 Å². The third-order valence-electron chi connectivity index (χ3n) is 5.11. The molecule has 28 heavy (non-hydrogen) atoms. The predicted octanol–water partition coefficient (Wildman–Crippen LogP) is 4.26. The first-order valence-corrected chi connectivity index (χ1v) is 9.16. The average Bonchev–Trinajstić information content (AvgIpc) is 3.05. The van der Waals surface area contributed by atoms with E-state index in [2.05, 4.69) is 21.4 Å². The van der Waals surface area contributed by atoms with E-state index in [0.717, 1.165) is 27.5 Å². The van der Waals surface area contributed by atoms with E-state index >= 15 is 0 Å². The summed E-state index contributed by atoms with van der Waals surface area (Å²) in [6.07, 6.45) is 0. The summed E-state index contributed by atoms with van der Waals surface area (Å²) in [7, 11) is 0. The number of allylic oxidation sites excluding steroid dienone is 1. The molecule has 0 fully saturated rings. The van der Waals surface area contributed by atoms with Crippen molar-refractivity contribution in [3.63, 3.8) is 0 Å². The third kappa shape index (κ3) is 2.27. The number of fused-ring (bicyclic) bond motifs is 4. The van der Waals surface area contributed by atoms with Gasteiger partial charge in [0, 0.05) is 10.9 Å². The fourth-order valence-corrected chi connectivity index (χ4v) is 4.05. The Hall–Kier alpha value is -3.56. The number of pyridine rings is 1. The lowest BCUT2D eigenvalue weighted by Crippen LogP contribution is -2.28. The molecule has 0 saturated carbocycles. The second-order valence-electron chi connectivity index (χ2n) is 6.78. The van der Waals surface area contributed by atoms with Crippen LogP contribution < -0.4 is 11.1 Å². The van der Waals surface area contributed by atoms with Crippen molar-refractivity contribution in [2.75, 3.05) is 5.32 Å². The van der Waals surface area contributed by atoms with Crippen LogP contribution in [0.15, 0.2) is 59.9 Å². The van der Waals surface area contributed by atoms with Crippen molar-refractivity contribution >= 4 is 39.5 Å². The number of nitrogens with zero attached hydrogens (tertiary/aromatic N) is 4. The summed E-state index contributed by atoms with van der Waals surface area (Å²) in [5.74, 6) is 0.846. The molecule has 3 heterocycles. The Labute approximate surface area is 165 Å². The molecule has 0 spiro atoms. The zero-order valence-electron chi connectivity index (χ0n) is 14.9. The van der Waals surface area contributed by atoms with Crippen LogP contribution in [0.4, 0.5) is 5.95 Å². The highest BCUT2D eigenvalue weighted by Gasteiger charge is 2.33. The highest BCUT2D eigenvalue weighted by atomic mass is 35.5. The first kappa shape index (κ1) is 16.6. The molecule has 1 unspecified atom stereocenters. The zero-order chi connectivity index (χ0) is 19.4. The lowest BCUT2D eigenvalue weighted by molar-refractivity contribution is 0.679. The molecule has 2 aromatic heterocycles. The number of aromatic nitrogens is 3. The van der Waals surface area contributed by atoms with Gasteiger partial charge in [-0.3, -0.25) is 4.57 Å². The summed E-state index contributed by atoms with van der Waals surface area (Å²) in [6, 6.07) is 17.4. The van der Waals surface area contributed by atoms with Crippen LogP contribution in [0.3, 0.4) is 0 Å². The minimum absolute atomic E-state index is 0.274. The number of aryl methyl sites for hydroxylation is 1. The highest BCUT2D eigenvalue weighted by molar-refractivity contribution is 6.30. The van der Waals surface area contributed by atoms with Crippen LogP contribution >= 0.6 is 11.6 Å². The number of imidazole rings is 1. The van der Waals surface area contributed by atoms with Crippen LogP contribution in [0.2, 0.25) is 5.15 Å². The van der Waals surface area contributed by atoms with Gasteiger partial charge in [-0.2, -0.15) is 5.26 Å². The van der Waals surface area contributed by atoms with Crippen LogP contribution in [0.1, 0.15) is 17.2 Å². The summed E-state index contributed by atoms with van der Waals surface area (Å²) in [4.78, 5) is 9.24. The van der Waals surface area contributed by atoms with Crippen molar-refractivity contribution in [2.24, 2.45) is 5.73 Å². The minimum atomic E-state index is -0.515. The van der Waals surface area contributed by atoms with Crippen molar-refractivity contribution in [2.45, 2.75) is 13.0 Å². The number of nitrogens with one attached hydrogen (secondary N) is 1. The van der Waals surface area contributed by atoms with Crippen molar-refractivity contribution < 1.29 is 0 Å². The maximum absolute atomic E-state index is 9.85. The Morgan fingerprint density at radius 3 is 2.82 bits per heavy atom. The summed E-state index contributed by atoms with van der Waals surface area (Å²) in [5.41, 5.74) is 10.8. The number of hydrogen-bond donors (Lipinski definition) is 2. The number of rotatable bonds is 1. The molecule has 2 aromatic carbocycles. The molecule has 1 atom stereocenters. The van der Waals surface area contributed by atoms with Gasteiger partial charge in [0.05, 0.1) is 22.1 Å². The van der Waals surface area contributed by atoms with Gasteiger partial charge in [-0.15, -0.1) is 0 Å². The average molecular weight is 387 g/mol. The maximum Gasteiger partial charge on any atom is 0.210 e. The van der Waals surface area contributed by atoms with Gasteiger partial charge >= 0.3 is 0 Å². The summed E-state index contributed by atoms with van der Waals surface area (Å²) < 4.78 is 1.95. The zero-order valence-corrected chi connectivity index (χ0v) is 15.7. The molecule has 0 radical (unpaired) electrons. The van der Waals surface area contributed by atoms with E-state index < -0.39 is 6.04 Å². The Morgan fingerprint density at radius 1 is 1.18 bits per heavy atom. The normalized spacial score (nSPS) is 16.1. The second kappa shape index (κ2) is 5.98. The first-order valence-electron chi connectivity index (χ1n) is 8.78. The minimum Gasteiger partial charge on any atom is -0.384 e. The van der Waals surface area contributed by atoms with Gasteiger partial charge in [-0.05, 0) is 30.7 Å². The largest absolute Gasteiger partial charge is 0.384 e. The standard InChI is InChI=1S/C21H15ClN6/c1-11-5-4-6-12-9-13(19(22)26-17(11)12)18-14(10-23)20(24)27-21-25-15-7-2-3-8-16(15)28(18)21/h2-9,18H,24H2,1H3,(H,25,27). The van der Waals surface area contributed by atoms with E-state index in [1.807, 2.05) is 60.0 Å². The van der Waals surface area contributed by atoms with Crippen LogP contribution in [0, 0.1) is 18.3 Å². The van der Waals surface area contributed by atoms with Gasteiger partial charge in [0.25, 0.3) is 0 Å². The topological polar surface area (TPSA) is 92.5 Å². The van der Waals surface area contributed by atoms with Crippen LogP contribution in [0.5, 0.6) is 0 Å². The van der Waals surface area contributed by atoms with Gasteiger partial charge in [0.1, 0.15) is 23.1 Å². The Balaban J connectivity index is 1.85. The number of anilines is 1. The monoisotopic (exact) mass is 386 g/mol. The van der Waals surface area contributed by atoms with E-state index in [4.69, 9.17) is 17.3 Å². The highest BCUT2D eigenvalue weighted by Crippen LogP contribution is 2.40. The van der Waals surface area contributed by atoms with E-state index in [1.54, 1.807) is 0 Å². The smallest absolute Gasteiger partial charge is 0.210 e. The molecule has 4 aromatic rings. The van der Waals surface area contributed by atoms with E-state index in [9.17, 15) is 5.26 Å². The lowest BCUT2D eigenvalue weighted by Gasteiger charge is -2.28. The summed E-state index contributed by atoms with van der Waals surface area (Å²) in [6.45, 7) is 2.00. The van der Waals surface area contributed by atoms with Crippen molar-refractivity contribution in [3.05, 3.63) is 76.2 Å². The first-order chi connectivity index (χ1) is 13.6. The van der Waals surface area contributed by atoms with Crippen LogP contribution in [-0.2, 0) is 0 Å². The quantitative estimate of drug-likeness (QED) is 0.477. The van der Waals surface area contributed by atoms with Gasteiger partial charge in [0.2, 0.25) is 5.95 Å². The fourth-order valence-electron chi connectivity index (χ4n) is 3.81. The Kier molecular flexibility index (Phi) is 3.54. The molecule has 5 rings (SSSR count). The molecule has 1 aliphatic heterocycles. The maximum atomic E-state index is 9.85. The van der Waals surface area contributed by atoms with Crippen molar-refractivity contribution in [1.29, 1.82) is 5.26 Å². The van der Waals surface area contributed by atoms with Crippen molar-refractivity contribution in [1.82, 2.24) is 14.5 Å². The number of nitriles is 1. The molecule has 3 N–H and O–H groups in total. The molecule has 0 amide bonds. The number of para-hydroxylation sites is 3. The molecule has 136 valence electrons. The van der Waals surface area contributed by atoms with Crippen LogP contribution in [0.25, 0.3) is 21.9 Å². The predicted molar refractivity (Wildman–Crippen MR) is 110 cm³/mol. The van der Waals surface area contributed by atoms with Gasteiger partial charge in [-0.1, -0.05) is 41.9 Å². The van der Waals surface area contributed by atoms with Gasteiger partial charge < -0.3 is 11.1 Å². The Bertz CT molecular complexity index is 1340. The van der Waals surface area contributed by atoms with Crippen molar-refractivity contribution in [3.8, 4) is 6.07 Å².